The maximum Gasteiger partial charge on any atom is 0.119 e. The Morgan fingerprint density at radius 1 is 1.26 bits per heavy atom. The van der Waals surface area contributed by atoms with E-state index in [9.17, 15) is 0 Å². The average molecular weight is 264 g/mol. The molecule has 0 aliphatic heterocycles. The highest BCUT2D eigenvalue weighted by Crippen LogP contribution is 2.25. The summed E-state index contributed by atoms with van der Waals surface area (Å²) in [5.41, 5.74) is 7.23. The van der Waals surface area contributed by atoms with Crippen molar-refractivity contribution in [3.8, 4) is 5.75 Å². The van der Waals surface area contributed by atoms with Crippen molar-refractivity contribution in [2.24, 2.45) is 5.73 Å². The smallest absolute Gasteiger partial charge is 0.119 e. The largest absolute Gasteiger partial charge is 0.494 e. The van der Waals surface area contributed by atoms with E-state index in [-0.39, 0.29) is 6.04 Å². The van der Waals surface area contributed by atoms with Crippen LogP contribution < -0.4 is 10.5 Å². The number of ether oxygens (including phenoxy) is 1. The Balaban J connectivity index is 2.91. The van der Waals surface area contributed by atoms with Crippen LogP contribution in [0.3, 0.4) is 0 Å². The highest BCUT2D eigenvalue weighted by atomic mass is 16.5. The molecule has 3 nitrogen and oxygen atoms in total. The van der Waals surface area contributed by atoms with E-state index in [0.29, 0.717) is 12.6 Å². The molecule has 1 aromatic carbocycles. The summed E-state index contributed by atoms with van der Waals surface area (Å²) in [5, 5.41) is 0. The topological polar surface area (TPSA) is 38.5 Å². The van der Waals surface area contributed by atoms with Gasteiger partial charge in [0.25, 0.3) is 0 Å². The monoisotopic (exact) mass is 264 g/mol. The fourth-order valence-corrected chi connectivity index (χ4v) is 2.44. The lowest BCUT2D eigenvalue weighted by Gasteiger charge is -2.33. The predicted molar refractivity (Wildman–Crippen MR) is 81.5 cm³/mol. The van der Waals surface area contributed by atoms with Gasteiger partial charge in [-0.1, -0.05) is 26.0 Å². The maximum absolute atomic E-state index is 5.99. The van der Waals surface area contributed by atoms with Crippen LogP contribution in [0.5, 0.6) is 5.75 Å². The van der Waals surface area contributed by atoms with Crippen LogP contribution in [0.1, 0.15) is 45.7 Å². The van der Waals surface area contributed by atoms with E-state index in [4.69, 9.17) is 10.5 Å². The van der Waals surface area contributed by atoms with Crippen molar-refractivity contribution in [1.29, 1.82) is 0 Å². The molecule has 0 heterocycles. The Labute approximate surface area is 117 Å². The molecule has 0 aliphatic carbocycles. The van der Waals surface area contributed by atoms with E-state index in [2.05, 4.69) is 50.8 Å². The first kappa shape index (κ1) is 16.0. The lowest BCUT2D eigenvalue weighted by Crippen LogP contribution is -2.38. The molecule has 0 saturated carbocycles. The molecule has 0 aromatic heterocycles. The standard InChI is InChI=1S/C16H28N2O/c1-5-10-19-15-9-7-8-14(11-15)16(12-17)18(6-2)13(3)4/h7-9,11,13,16H,5-6,10,12,17H2,1-4H3. The van der Waals surface area contributed by atoms with Crippen LogP contribution in [0.15, 0.2) is 24.3 Å². The third kappa shape index (κ3) is 4.51. The molecule has 1 unspecified atom stereocenters. The van der Waals surface area contributed by atoms with Crippen LogP contribution in [0.2, 0.25) is 0 Å². The van der Waals surface area contributed by atoms with Gasteiger partial charge in [0, 0.05) is 18.6 Å². The molecule has 19 heavy (non-hydrogen) atoms. The minimum Gasteiger partial charge on any atom is -0.494 e. The molecule has 1 aromatic rings. The Bertz CT molecular complexity index is 366. The Hall–Kier alpha value is -1.06. The summed E-state index contributed by atoms with van der Waals surface area (Å²) < 4.78 is 5.71. The fraction of sp³-hybridized carbons (Fsp3) is 0.625. The van der Waals surface area contributed by atoms with Crippen molar-refractivity contribution in [2.75, 3.05) is 19.7 Å². The summed E-state index contributed by atoms with van der Waals surface area (Å²) in [6.07, 6.45) is 1.03. The molecule has 0 fully saturated rings. The second kappa shape index (κ2) is 8.18. The molecule has 3 heteroatoms. The molecule has 0 saturated heterocycles. The van der Waals surface area contributed by atoms with E-state index < -0.39 is 0 Å². The van der Waals surface area contributed by atoms with Crippen LogP contribution in [-0.2, 0) is 0 Å². The summed E-state index contributed by atoms with van der Waals surface area (Å²) in [6, 6.07) is 9.07. The molecule has 1 atom stereocenters. The number of nitrogens with zero attached hydrogens (tertiary/aromatic N) is 1. The van der Waals surface area contributed by atoms with Gasteiger partial charge in [-0.25, -0.2) is 0 Å². The first-order valence-corrected chi connectivity index (χ1v) is 7.32. The zero-order chi connectivity index (χ0) is 14.3. The zero-order valence-electron chi connectivity index (χ0n) is 12.7. The summed E-state index contributed by atoms with van der Waals surface area (Å²) in [4.78, 5) is 2.42. The van der Waals surface area contributed by atoms with E-state index in [1.54, 1.807) is 0 Å². The minimum atomic E-state index is 0.259. The molecule has 2 N–H and O–H groups in total. The van der Waals surface area contributed by atoms with Crippen molar-refractivity contribution >= 4 is 0 Å². The lowest BCUT2D eigenvalue weighted by molar-refractivity contribution is 0.166. The molecule has 0 aliphatic rings. The third-order valence-corrected chi connectivity index (χ3v) is 3.37. The van der Waals surface area contributed by atoms with Crippen molar-refractivity contribution in [3.05, 3.63) is 29.8 Å². The molecule has 108 valence electrons. The normalized spacial score (nSPS) is 13.0. The van der Waals surface area contributed by atoms with Gasteiger partial charge in [-0.05, 0) is 44.5 Å². The highest BCUT2D eigenvalue weighted by Gasteiger charge is 2.20. The molecule has 0 radical (unpaired) electrons. The number of hydrogen-bond donors (Lipinski definition) is 1. The SMILES string of the molecule is CCCOc1cccc(C(CN)N(CC)C(C)C)c1. The predicted octanol–water partition coefficient (Wildman–Crippen LogP) is 3.21. The van der Waals surface area contributed by atoms with Crippen LogP contribution in [0, 0.1) is 0 Å². The van der Waals surface area contributed by atoms with Gasteiger partial charge in [-0.15, -0.1) is 0 Å². The molecular formula is C16H28N2O. The first-order valence-electron chi connectivity index (χ1n) is 7.32. The van der Waals surface area contributed by atoms with Gasteiger partial charge in [-0.2, -0.15) is 0 Å². The van der Waals surface area contributed by atoms with Crippen LogP contribution >= 0.6 is 0 Å². The van der Waals surface area contributed by atoms with Gasteiger partial charge >= 0.3 is 0 Å². The van der Waals surface area contributed by atoms with Crippen molar-refractivity contribution in [1.82, 2.24) is 4.90 Å². The summed E-state index contributed by atoms with van der Waals surface area (Å²) in [5.74, 6) is 0.942. The fourth-order valence-electron chi connectivity index (χ4n) is 2.44. The van der Waals surface area contributed by atoms with Crippen LogP contribution in [0.4, 0.5) is 0 Å². The van der Waals surface area contributed by atoms with Gasteiger partial charge in [0.2, 0.25) is 0 Å². The highest BCUT2D eigenvalue weighted by molar-refractivity contribution is 5.31. The third-order valence-electron chi connectivity index (χ3n) is 3.37. The average Bonchev–Trinajstić information content (AvgIpc) is 2.42. The van der Waals surface area contributed by atoms with E-state index in [0.717, 1.165) is 25.3 Å². The van der Waals surface area contributed by atoms with E-state index in [1.165, 1.54) is 5.56 Å². The number of likely N-dealkylation sites (N-methyl/N-ethyl adjacent to an activating group) is 1. The van der Waals surface area contributed by atoms with Gasteiger partial charge in [-0.3, -0.25) is 4.90 Å². The Morgan fingerprint density at radius 3 is 2.53 bits per heavy atom. The zero-order valence-corrected chi connectivity index (χ0v) is 12.7. The quantitative estimate of drug-likeness (QED) is 0.783. The molecule has 0 bridgehead atoms. The Morgan fingerprint density at radius 2 is 2.00 bits per heavy atom. The summed E-state index contributed by atoms with van der Waals surface area (Å²) in [6.45, 7) is 11.1. The minimum absolute atomic E-state index is 0.259. The molecule has 0 amide bonds. The van der Waals surface area contributed by atoms with Gasteiger partial charge in [0.15, 0.2) is 0 Å². The maximum atomic E-state index is 5.99. The number of nitrogens with two attached hydrogens (primary N) is 1. The second-order valence-electron chi connectivity index (χ2n) is 5.10. The molecule has 0 spiro atoms. The number of hydrogen-bond acceptors (Lipinski definition) is 3. The van der Waals surface area contributed by atoms with E-state index in [1.807, 2.05) is 6.07 Å². The van der Waals surface area contributed by atoms with Crippen LogP contribution in [0.25, 0.3) is 0 Å². The number of rotatable bonds is 8. The van der Waals surface area contributed by atoms with Gasteiger partial charge < -0.3 is 10.5 Å². The van der Waals surface area contributed by atoms with Crippen LogP contribution in [-0.4, -0.2) is 30.6 Å². The summed E-state index contributed by atoms with van der Waals surface area (Å²) >= 11 is 0. The lowest BCUT2D eigenvalue weighted by atomic mass is 10.0. The van der Waals surface area contributed by atoms with Gasteiger partial charge in [0.05, 0.1) is 6.61 Å². The Kier molecular flexibility index (Phi) is 6.89. The second-order valence-corrected chi connectivity index (χ2v) is 5.10. The summed E-state index contributed by atoms with van der Waals surface area (Å²) in [7, 11) is 0. The molecular weight excluding hydrogens is 236 g/mol. The number of benzene rings is 1. The van der Waals surface area contributed by atoms with Crippen molar-refractivity contribution in [3.63, 3.8) is 0 Å². The first-order chi connectivity index (χ1) is 9.13. The molecule has 1 rings (SSSR count). The van der Waals surface area contributed by atoms with Crippen molar-refractivity contribution < 1.29 is 4.74 Å². The van der Waals surface area contributed by atoms with Crippen molar-refractivity contribution in [2.45, 2.75) is 46.2 Å². The van der Waals surface area contributed by atoms with Gasteiger partial charge in [0.1, 0.15) is 5.75 Å². The van der Waals surface area contributed by atoms with E-state index >= 15 is 0 Å².